The van der Waals surface area contributed by atoms with Crippen LogP contribution in [-0.4, -0.2) is 15.0 Å². The molecule has 4 aromatic heterocycles. The largest absolute Gasteiger partial charge is 0.456 e. The van der Waals surface area contributed by atoms with Gasteiger partial charge in [0.25, 0.3) is 0 Å². The standard InChI is InChI=1S/C43H23N3O3/c1-2-12-25-24(11-1)31(23-37-38(25)26-13-3-8-20-34(26)49-37)43-45-41(29-16-9-21-35-39(29)27-14-4-6-18-32(27)47-35)44-42(46-43)30-17-10-22-36-40(30)28-15-5-7-19-33(28)48-36/h1-23H. The van der Waals surface area contributed by atoms with Crippen molar-refractivity contribution in [2.45, 2.75) is 0 Å². The molecule has 0 saturated heterocycles. The summed E-state index contributed by atoms with van der Waals surface area (Å²) in [5.41, 5.74) is 7.40. The molecule has 0 fully saturated rings. The Labute approximate surface area is 277 Å². The minimum Gasteiger partial charge on any atom is -0.456 e. The Morgan fingerprint density at radius 1 is 0.286 bits per heavy atom. The van der Waals surface area contributed by atoms with Gasteiger partial charge >= 0.3 is 0 Å². The molecule has 0 aliphatic carbocycles. The van der Waals surface area contributed by atoms with Gasteiger partial charge in [0.15, 0.2) is 17.5 Å². The Morgan fingerprint density at radius 2 is 0.673 bits per heavy atom. The molecule has 0 unspecified atom stereocenters. The molecule has 0 amide bonds. The van der Waals surface area contributed by atoms with Gasteiger partial charge in [0.2, 0.25) is 0 Å². The van der Waals surface area contributed by atoms with Gasteiger partial charge in [-0.05, 0) is 47.2 Å². The van der Waals surface area contributed by atoms with Gasteiger partial charge in [-0.15, -0.1) is 0 Å². The molecule has 0 bridgehead atoms. The lowest BCUT2D eigenvalue weighted by Crippen LogP contribution is -2.01. The van der Waals surface area contributed by atoms with Crippen LogP contribution in [0.2, 0.25) is 0 Å². The van der Waals surface area contributed by atoms with Crippen LogP contribution in [0, 0.1) is 0 Å². The van der Waals surface area contributed by atoms with Crippen LogP contribution in [0.5, 0.6) is 0 Å². The Hall–Kier alpha value is -6.79. The van der Waals surface area contributed by atoms with Crippen LogP contribution in [0.4, 0.5) is 0 Å². The van der Waals surface area contributed by atoms with Crippen molar-refractivity contribution < 1.29 is 13.3 Å². The third-order valence-corrected chi connectivity index (χ3v) is 9.55. The first kappa shape index (κ1) is 26.3. The lowest BCUT2D eigenvalue weighted by Gasteiger charge is -2.12. The molecule has 0 spiro atoms. The first-order valence-corrected chi connectivity index (χ1v) is 16.2. The third kappa shape index (κ3) is 3.79. The minimum absolute atomic E-state index is 0.549. The fourth-order valence-corrected chi connectivity index (χ4v) is 7.43. The number of hydrogen-bond acceptors (Lipinski definition) is 6. The highest BCUT2D eigenvalue weighted by atomic mass is 16.3. The molecule has 49 heavy (non-hydrogen) atoms. The van der Waals surface area contributed by atoms with Crippen LogP contribution >= 0.6 is 0 Å². The smallest absolute Gasteiger partial charge is 0.164 e. The van der Waals surface area contributed by atoms with Crippen molar-refractivity contribution in [3.8, 4) is 34.2 Å². The van der Waals surface area contributed by atoms with E-state index in [2.05, 4.69) is 60.7 Å². The van der Waals surface area contributed by atoms with Crippen molar-refractivity contribution in [1.82, 2.24) is 15.0 Å². The normalized spacial score (nSPS) is 12.1. The van der Waals surface area contributed by atoms with E-state index in [0.717, 1.165) is 93.3 Å². The first-order valence-electron chi connectivity index (χ1n) is 16.2. The van der Waals surface area contributed by atoms with Crippen molar-refractivity contribution in [1.29, 1.82) is 0 Å². The van der Waals surface area contributed by atoms with Gasteiger partial charge in [-0.3, -0.25) is 0 Å². The number of aromatic nitrogens is 3. The van der Waals surface area contributed by atoms with E-state index >= 15 is 0 Å². The van der Waals surface area contributed by atoms with E-state index < -0.39 is 0 Å². The van der Waals surface area contributed by atoms with Gasteiger partial charge in [0.1, 0.15) is 33.5 Å². The quantitative estimate of drug-likeness (QED) is 0.193. The molecule has 0 aliphatic rings. The molecule has 7 aromatic carbocycles. The molecule has 11 aromatic rings. The number of fused-ring (bicyclic) bond motifs is 11. The van der Waals surface area contributed by atoms with Gasteiger partial charge in [0.05, 0.1) is 0 Å². The second kappa shape index (κ2) is 9.86. The van der Waals surface area contributed by atoms with Gasteiger partial charge in [-0.25, -0.2) is 15.0 Å². The number of para-hydroxylation sites is 3. The van der Waals surface area contributed by atoms with E-state index in [-0.39, 0.29) is 0 Å². The van der Waals surface area contributed by atoms with E-state index in [1.807, 2.05) is 78.9 Å². The molecule has 228 valence electrons. The number of benzene rings is 7. The average molecular weight is 630 g/mol. The van der Waals surface area contributed by atoms with Crippen LogP contribution in [0.25, 0.3) is 111 Å². The maximum atomic E-state index is 6.45. The summed E-state index contributed by atoms with van der Waals surface area (Å²) in [4.78, 5) is 15.7. The molecule has 0 radical (unpaired) electrons. The molecule has 0 aliphatic heterocycles. The lowest BCUT2D eigenvalue weighted by atomic mass is 9.98. The van der Waals surface area contributed by atoms with E-state index in [1.54, 1.807) is 0 Å². The van der Waals surface area contributed by atoms with Crippen molar-refractivity contribution in [2.75, 3.05) is 0 Å². The lowest BCUT2D eigenvalue weighted by molar-refractivity contribution is 0.668. The Kier molecular flexibility index (Phi) is 5.29. The van der Waals surface area contributed by atoms with Crippen LogP contribution in [0.3, 0.4) is 0 Å². The van der Waals surface area contributed by atoms with Crippen molar-refractivity contribution in [3.63, 3.8) is 0 Å². The predicted octanol–water partition coefficient (Wildman–Crippen LogP) is 11.7. The fraction of sp³-hybridized carbons (Fsp3) is 0. The van der Waals surface area contributed by atoms with Crippen LogP contribution in [0.1, 0.15) is 0 Å². The maximum absolute atomic E-state index is 6.45. The molecule has 6 heteroatoms. The molecule has 11 rings (SSSR count). The number of hydrogen-bond donors (Lipinski definition) is 0. The predicted molar refractivity (Wildman–Crippen MR) is 195 cm³/mol. The Bertz CT molecular complexity index is 3000. The van der Waals surface area contributed by atoms with Crippen LogP contribution < -0.4 is 0 Å². The third-order valence-electron chi connectivity index (χ3n) is 9.55. The number of rotatable bonds is 3. The molecule has 4 heterocycles. The molecule has 0 N–H and O–H groups in total. The van der Waals surface area contributed by atoms with E-state index in [9.17, 15) is 0 Å². The van der Waals surface area contributed by atoms with Crippen molar-refractivity contribution >= 4 is 76.6 Å². The summed E-state index contributed by atoms with van der Waals surface area (Å²) in [5, 5.41) is 8.21. The summed E-state index contributed by atoms with van der Waals surface area (Å²) in [6, 6.07) is 46.8. The highest BCUT2D eigenvalue weighted by Crippen LogP contribution is 2.42. The van der Waals surface area contributed by atoms with Gasteiger partial charge in [0, 0.05) is 49.0 Å². The van der Waals surface area contributed by atoms with Crippen LogP contribution in [0.15, 0.2) is 153 Å². The topological polar surface area (TPSA) is 78.1 Å². The monoisotopic (exact) mass is 629 g/mol. The maximum Gasteiger partial charge on any atom is 0.164 e. The molecular weight excluding hydrogens is 606 g/mol. The number of furan rings is 3. The zero-order chi connectivity index (χ0) is 32.1. The zero-order valence-corrected chi connectivity index (χ0v) is 25.8. The van der Waals surface area contributed by atoms with E-state index in [4.69, 9.17) is 28.2 Å². The summed E-state index contributed by atoms with van der Waals surface area (Å²) in [7, 11) is 0. The van der Waals surface area contributed by atoms with Crippen molar-refractivity contribution in [3.05, 3.63) is 140 Å². The van der Waals surface area contributed by atoms with E-state index in [0.29, 0.717) is 17.5 Å². The first-order chi connectivity index (χ1) is 24.3. The zero-order valence-electron chi connectivity index (χ0n) is 25.8. The summed E-state index contributed by atoms with van der Waals surface area (Å²) >= 11 is 0. The fourth-order valence-electron chi connectivity index (χ4n) is 7.43. The highest BCUT2D eigenvalue weighted by Gasteiger charge is 2.22. The minimum atomic E-state index is 0.549. The second-order valence-corrected chi connectivity index (χ2v) is 12.3. The molecule has 0 saturated carbocycles. The summed E-state index contributed by atoms with van der Waals surface area (Å²) in [6.45, 7) is 0. The summed E-state index contributed by atoms with van der Waals surface area (Å²) < 4.78 is 19.0. The Balaban J connectivity index is 1.26. The van der Waals surface area contributed by atoms with Gasteiger partial charge in [-0.1, -0.05) is 103 Å². The summed E-state index contributed by atoms with van der Waals surface area (Å²) in [5.74, 6) is 1.65. The van der Waals surface area contributed by atoms with Gasteiger partial charge < -0.3 is 13.3 Å². The molecule has 6 nitrogen and oxygen atoms in total. The van der Waals surface area contributed by atoms with Gasteiger partial charge in [-0.2, -0.15) is 0 Å². The van der Waals surface area contributed by atoms with Crippen molar-refractivity contribution in [2.24, 2.45) is 0 Å². The average Bonchev–Trinajstić information content (AvgIpc) is 3.85. The highest BCUT2D eigenvalue weighted by molar-refractivity contribution is 6.22. The Morgan fingerprint density at radius 3 is 1.20 bits per heavy atom. The SMILES string of the molecule is c1ccc2c(c1)oc1cccc(-c3nc(-c4cc5oc6ccccc6c5c5ccccc45)nc(-c4cccc5oc6ccccc6c45)n3)c12. The molecular formula is C43H23N3O3. The second-order valence-electron chi connectivity index (χ2n) is 12.3. The summed E-state index contributed by atoms with van der Waals surface area (Å²) in [6.07, 6.45) is 0. The van der Waals surface area contributed by atoms with E-state index in [1.165, 1.54) is 0 Å². The molecule has 0 atom stereocenters. The number of nitrogens with zero attached hydrogens (tertiary/aromatic N) is 3. The van der Waals surface area contributed by atoms with Crippen LogP contribution in [-0.2, 0) is 0 Å².